The first-order chi connectivity index (χ1) is 6.76. The zero-order chi connectivity index (χ0) is 10.4. The van der Waals surface area contributed by atoms with Crippen molar-refractivity contribution in [3.05, 3.63) is 18.1 Å². The Bertz CT molecular complexity index is 317. The number of anilines is 1. The zero-order valence-electron chi connectivity index (χ0n) is 8.19. The summed E-state index contributed by atoms with van der Waals surface area (Å²) in [6, 6.07) is 2.08. The molecule has 0 fully saturated rings. The van der Waals surface area contributed by atoms with Gasteiger partial charge in [0, 0.05) is 13.2 Å². The molecule has 5 nitrogen and oxygen atoms in total. The molecule has 0 radical (unpaired) electrons. The van der Waals surface area contributed by atoms with E-state index in [1.165, 1.54) is 12.4 Å². The second-order valence-corrected chi connectivity index (χ2v) is 2.90. The summed E-state index contributed by atoms with van der Waals surface area (Å²) in [5, 5.41) is 11.6. The number of nitrogens with zero attached hydrogens (tertiary/aromatic N) is 3. The lowest BCUT2D eigenvalue weighted by atomic mass is 10.3. The number of hydrogen-bond donors (Lipinski definition) is 1. The van der Waals surface area contributed by atoms with Crippen LogP contribution in [0.1, 0.15) is 12.6 Å². The second kappa shape index (κ2) is 5.14. The van der Waals surface area contributed by atoms with Crippen molar-refractivity contribution in [1.29, 1.82) is 5.26 Å². The van der Waals surface area contributed by atoms with Gasteiger partial charge in [0.05, 0.1) is 19.0 Å². The van der Waals surface area contributed by atoms with E-state index >= 15 is 0 Å². The van der Waals surface area contributed by atoms with Crippen LogP contribution in [0.15, 0.2) is 12.4 Å². The van der Waals surface area contributed by atoms with Crippen LogP contribution in [0.4, 0.5) is 5.82 Å². The van der Waals surface area contributed by atoms with Gasteiger partial charge in [-0.1, -0.05) is 0 Å². The molecule has 1 unspecified atom stereocenters. The Morgan fingerprint density at radius 2 is 2.36 bits per heavy atom. The van der Waals surface area contributed by atoms with Crippen molar-refractivity contribution in [2.45, 2.75) is 13.0 Å². The maximum Gasteiger partial charge on any atom is 0.158 e. The highest BCUT2D eigenvalue weighted by Gasteiger charge is 2.02. The summed E-state index contributed by atoms with van der Waals surface area (Å²) in [7, 11) is 1.64. The third kappa shape index (κ3) is 2.99. The number of nitrogens with one attached hydrogen (secondary N) is 1. The third-order valence-electron chi connectivity index (χ3n) is 1.58. The lowest BCUT2D eigenvalue weighted by molar-refractivity contribution is 0.190. The summed E-state index contributed by atoms with van der Waals surface area (Å²) < 4.78 is 4.96. The molecule has 1 heterocycles. The number of hydrogen-bond acceptors (Lipinski definition) is 5. The molecule has 0 aromatic carbocycles. The molecular weight excluding hydrogens is 180 g/mol. The Labute approximate surface area is 82.8 Å². The van der Waals surface area contributed by atoms with Crippen molar-refractivity contribution in [2.24, 2.45) is 0 Å². The SMILES string of the molecule is COCC(C)Nc1cnc(C#N)cn1. The van der Waals surface area contributed by atoms with Gasteiger partial charge in [-0.15, -0.1) is 0 Å². The molecule has 0 aliphatic carbocycles. The first-order valence-electron chi connectivity index (χ1n) is 4.24. The highest BCUT2D eigenvalue weighted by atomic mass is 16.5. The topological polar surface area (TPSA) is 70.8 Å². The van der Waals surface area contributed by atoms with Crippen molar-refractivity contribution >= 4 is 5.82 Å². The molecule has 1 aromatic rings. The van der Waals surface area contributed by atoms with Crippen molar-refractivity contribution in [1.82, 2.24) is 9.97 Å². The normalized spacial score (nSPS) is 11.8. The van der Waals surface area contributed by atoms with Crippen molar-refractivity contribution in [3.8, 4) is 6.07 Å². The highest BCUT2D eigenvalue weighted by molar-refractivity contribution is 5.34. The van der Waals surface area contributed by atoms with Crippen LogP contribution in [0, 0.1) is 11.3 Å². The molecule has 0 aliphatic rings. The van der Waals surface area contributed by atoms with Crippen LogP contribution in [0.25, 0.3) is 0 Å². The predicted molar refractivity (Wildman–Crippen MR) is 51.7 cm³/mol. The standard InChI is InChI=1S/C9H12N4O/c1-7(6-14-2)13-9-5-11-8(3-10)4-12-9/h4-5,7H,6H2,1-2H3,(H,12,13). The van der Waals surface area contributed by atoms with E-state index in [9.17, 15) is 0 Å². The molecule has 0 saturated heterocycles. The van der Waals surface area contributed by atoms with Crippen LogP contribution in [0.2, 0.25) is 0 Å². The van der Waals surface area contributed by atoms with Gasteiger partial charge in [-0.05, 0) is 6.92 Å². The third-order valence-corrected chi connectivity index (χ3v) is 1.58. The summed E-state index contributed by atoms with van der Waals surface area (Å²) in [6.45, 7) is 2.57. The molecule has 1 aromatic heterocycles. The number of nitriles is 1. The molecule has 1 rings (SSSR count). The van der Waals surface area contributed by atoms with Crippen molar-refractivity contribution in [3.63, 3.8) is 0 Å². The zero-order valence-corrected chi connectivity index (χ0v) is 8.19. The fourth-order valence-electron chi connectivity index (χ4n) is 1.00. The van der Waals surface area contributed by atoms with Gasteiger partial charge in [0.15, 0.2) is 5.69 Å². The average molecular weight is 192 g/mol. The molecular formula is C9H12N4O. The monoisotopic (exact) mass is 192 g/mol. The summed E-state index contributed by atoms with van der Waals surface area (Å²) >= 11 is 0. The van der Waals surface area contributed by atoms with Gasteiger partial charge >= 0.3 is 0 Å². The van der Waals surface area contributed by atoms with Gasteiger partial charge in [0.2, 0.25) is 0 Å². The predicted octanol–water partition coefficient (Wildman–Crippen LogP) is 0.795. The van der Waals surface area contributed by atoms with E-state index in [4.69, 9.17) is 10.00 Å². The van der Waals surface area contributed by atoms with Crippen LogP contribution in [-0.2, 0) is 4.74 Å². The van der Waals surface area contributed by atoms with Gasteiger partial charge < -0.3 is 10.1 Å². The number of rotatable bonds is 4. The summed E-state index contributed by atoms with van der Waals surface area (Å²) in [6.07, 6.45) is 2.96. The van der Waals surface area contributed by atoms with Gasteiger partial charge in [-0.2, -0.15) is 5.26 Å². The van der Waals surface area contributed by atoms with Gasteiger partial charge in [-0.25, -0.2) is 9.97 Å². The molecule has 1 N–H and O–H groups in total. The van der Waals surface area contributed by atoms with E-state index in [1.54, 1.807) is 7.11 Å². The van der Waals surface area contributed by atoms with E-state index in [0.717, 1.165) is 0 Å². The molecule has 5 heteroatoms. The minimum Gasteiger partial charge on any atom is -0.383 e. The molecule has 0 amide bonds. The van der Waals surface area contributed by atoms with Gasteiger partial charge in [0.25, 0.3) is 0 Å². The van der Waals surface area contributed by atoms with E-state index in [1.807, 2.05) is 13.0 Å². The minimum atomic E-state index is 0.169. The smallest absolute Gasteiger partial charge is 0.158 e. The largest absolute Gasteiger partial charge is 0.383 e. The molecule has 0 aliphatic heterocycles. The Morgan fingerprint density at radius 3 is 2.86 bits per heavy atom. The van der Waals surface area contributed by atoms with Crippen LogP contribution in [0.3, 0.4) is 0 Å². The summed E-state index contributed by atoms with van der Waals surface area (Å²) in [5.41, 5.74) is 0.315. The van der Waals surface area contributed by atoms with E-state index in [2.05, 4.69) is 15.3 Å². The average Bonchev–Trinajstić information content (AvgIpc) is 2.19. The Morgan fingerprint density at radius 1 is 1.57 bits per heavy atom. The van der Waals surface area contributed by atoms with Crippen molar-refractivity contribution < 1.29 is 4.74 Å². The maximum absolute atomic E-state index is 8.50. The molecule has 14 heavy (non-hydrogen) atoms. The molecule has 74 valence electrons. The first kappa shape index (κ1) is 10.4. The maximum atomic E-state index is 8.50. The number of aromatic nitrogens is 2. The van der Waals surface area contributed by atoms with E-state index in [-0.39, 0.29) is 6.04 Å². The quantitative estimate of drug-likeness (QED) is 0.763. The van der Waals surface area contributed by atoms with Crippen LogP contribution in [-0.4, -0.2) is 29.7 Å². The highest BCUT2D eigenvalue weighted by Crippen LogP contribution is 2.02. The second-order valence-electron chi connectivity index (χ2n) is 2.90. The first-order valence-corrected chi connectivity index (χ1v) is 4.24. The van der Waals surface area contributed by atoms with E-state index < -0.39 is 0 Å². The fraction of sp³-hybridized carbons (Fsp3) is 0.444. The van der Waals surface area contributed by atoms with Crippen LogP contribution in [0.5, 0.6) is 0 Å². The Balaban J connectivity index is 2.56. The van der Waals surface area contributed by atoms with Crippen LogP contribution >= 0.6 is 0 Å². The molecule has 1 atom stereocenters. The Kier molecular flexibility index (Phi) is 3.83. The lowest BCUT2D eigenvalue weighted by Gasteiger charge is -2.12. The number of methoxy groups -OCH3 is 1. The lowest BCUT2D eigenvalue weighted by Crippen LogP contribution is -2.21. The van der Waals surface area contributed by atoms with Gasteiger partial charge in [-0.3, -0.25) is 0 Å². The number of ether oxygens (including phenoxy) is 1. The van der Waals surface area contributed by atoms with E-state index in [0.29, 0.717) is 18.1 Å². The van der Waals surface area contributed by atoms with Crippen LogP contribution < -0.4 is 5.32 Å². The molecule has 0 bridgehead atoms. The van der Waals surface area contributed by atoms with Gasteiger partial charge in [0.1, 0.15) is 11.9 Å². The minimum absolute atomic E-state index is 0.169. The fourth-order valence-corrected chi connectivity index (χ4v) is 1.00. The molecule has 0 saturated carbocycles. The van der Waals surface area contributed by atoms with Crippen molar-refractivity contribution in [2.75, 3.05) is 19.0 Å². The molecule has 0 spiro atoms. The summed E-state index contributed by atoms with van der Waals surface area (Å²) in [4.78, 5) is 7.90. The Hall–Kier alpha value is -1.67. The summed E-state index contributed by atoms with van der Waals surface area (Å²) in [5.74, 6) is 0.647.